The minimum atomic E-state index is 0.585. The number of benzene rings is 2. The van der Waals surface area contributed by atoms with Crippen LogP contribution in [0.1, 0.15) is 22.5 Å². The molecule has 0 spiro atoms. The van der Waals surface area contributed by atoms with Crippen LogP contribution < -0.4 is 5.73 Å². The van der Waals surface area contributed by atoms with Gasteiger partial charge < -0.3 is 5.73 Å². The number of nitrogens with two attached hydrogens (primary N) is 1. The van der Waals surface area contributed by atoms with E-state index >= 15 is 0 Å². The van der Waals surface area contributed by atoms with Crippen molar-refractivity contribution in [1.29, 1.82) is 0 Å². The molecule has 0 saturated heterocycles. The first-order chi connectivity index (χ1) is 12.6. The van der Waals surface area contributed by atoms with E-state index in [2.05, 4.69) is 45.2 Å². The van der Waals surface area contributed by atoms with Gasteiger partial charge in [0, 0.05) is 36.4 Å². The van der Waals surface area contributed by atoms with E-state index in [1.807, 2.05) is 25.3 Å². The maximum Gasteiger partial charge on any atom is 0.131 e. The highest BCUT2D eigenvalue weighted by atomic mass is 35.5. The number of aryl methyl sites for hydroxylation is 1. The highest BCUT2D eigenvalue weighted by molar-refractivity contribution is 6.30. The molecule has 1 aliphatic heterocycles. The maximum atomic E-state index is 6.04. The molecule has 0 unspecified atom stereocenters. The number of halogens is 1. The van der Waals surface area contributed by atoms with E-state index in [1.165, 1.54) is 22.3 Å². The largest absolute Gasteiger partial charge is 0.383 e. The summed E-state index contributed by atoms with van der Waals surface area (Å²) in [6, 6.07) is 14.7. The van der Waals surface area contributed by atoms with Crippen molar-refractivity contribution in [2.24, 2.45) is 0 Å². The number of hydrogen-bond donors (Lipinski definition) is 1. The molecular weight excluding hydrogens is 344 g/mol. The van der Waals surface area contributed by atoms with E-state index in [4.69, 9.17) is 17.3 Å². The summed E-state index contributed by atoms with van der Waals surface area (Å²) in [6.45, 7) is 4.56. The average molecular weight is 365 g/mol. The van der Waals surface area contributed by atoms with Crippen molar-refractivity contribution in [3.05, 3.63) is 76.2 Å². The molecule has 0 atom stereocenters. The second kappa shape index (κ2) is 7.06. The Hall–Kier alpha value is -2.43. The lowest BCUT2D eigenvalue weighted by Gasteiger charge is -2.29. The van der Waals surface area contributed by atoms with Crippen molar-refractivity contribution >= 4 is 17.4 Å². The van der Waals surface area contributed by atoms with Crippen LogP contribution in [0.4, 0.5) is 5.82 Å². The second-order valence-corrected chi connectivity index (χ2v) is 7.22. The molecule has 0 radical (unpaired) electrons. The third kappa shape index (κ3) is 3.57. The molecule has 1 aliphatic rings. The molecule has 0 aliphatic carbocycles. The Morgan fingerprint density at radius 3 is 2.62 bits per heavy atom. The number of aromatic nitrogens is 2. The Balaban J connectivity index is 1.51. The Morgan fingerprint density at radius 2 is 1.85 bits per heavy atom. The summed E-state index contributed by atoms with van der Waals surface area (Å²) < 4.78 is 0. The van der Waals surface area contributed by atoms with Crippen LogP contribution in [-0.4, -0.2) is 21.4 Å². The third-order valence-corrected chi connectivity index (χ3v) is 5.14. The van der Waals surface area contributed by atoms with E-state index in [9.17, 15) is 0 Å². The summed E-state index contributed by atoms with van der Waals surface area (Å²) in [5, 5.41) is 0.765. The number of rotatable bonds is 3. The normalized spacial score (nSPS) is 14.2. The van der Waals surface area contributed by atoms with Crippen LogP contribution in [0, 0.1) is 6.92 Å². The summed E-state index contributed by atoms with van der Waals surface area (Å²) >= 11 is 5.99. The van der Waals surface area contributed by atoms with Crippen LogP contribution in [0.25, 0.3) is 11.1 Å². The van der Waals surface area contributed by atoms with Gasteiger partial charge in [0.15, 0.2) is 0 Å². The van der Waals surface area contributed by atoms with Crippen LogP contribution in [0.15, 0.2) is 48.7 Å². The van der Waals surface area contributed by atoms with Crippen molar-refractivity contribution in [1.82, 2.24) is 14.9 Å². The third-order valence-electron chi connectivity index (χ3n) is 4.89. The Bertz CT molecular complexity index is 937. The van der Waals surface area contributed by atoms with Gasteiger partial charge in [0.1, 0.15) is 11.6 Å². The first-order valence-corrected chi connectivity index (χ1v) is 9.14. The molecule has 26 heavy (non-hydrogen) atoms. The zero-order valence-corrected chi connectivity index (χ0v) is 15.5. The van der Waals surface area contributed by atoms with Gasteiger partial charge in [-0.25, -0.2) is 9.97 Å². The molecule has 0 bridgehead atoms. The summed E-state index contributed by atoms with van der Waals surface area (Å²) in [4.78, 5) is 10.9. The van der Waals surface area contributed by atoms with E-state index < -0.39 is 0 Å². The van der Waals surface area contributed by atoms with E-state index in [0.29, 0.717) is 11.6 Å². The lowest BCUT2D eigenvalue weighted by Crippen LogP contribution is -2.30. The molecule has 4 nitrogen and oxygen atoms in total. The quantitative estimate of drug-likeness (QED) is 0.755. The smallest absolute Gasteiger partial charge is 0.131 e. The van der Waals surface area contributed by atoms with Gasteiger partial charge in [-0.1, -0.05) is 41.9 Å². The lowest BCUT2D eigenvalue weighted by molar-refractivity contribution is 0.245. The fourth-order valence-electron chi connectivity index (χ4n) is 3.44. The fourth-order valence-corrected chi connectivity index (χ4v) is 3.57. The molecule has 0 amide bonds. The first-order valence-electron chi connectivity index (χ1n) is 8.76. The second-order valence-electron chi connectivity index (χ2n) is 6.78. The predicted octanol–water partition coefficient (Wildman–Crippen LogP) is 4.25. The SMILES string of the molecule is Cc1ncc(CN2CCc3cc(-c4ccc(Cl)cc4)ccc3C2)c(N)n1. The molecular formula is C21H21ClN4. The highest BCUT2D eigenvalue weighted by Gasteiger charge is 2.18. The van der Waals surface area contributed by atoms with Crippen LogP contribution >= 0.6 is 11.6 Å². The Morgan fingerprint density at radius 1 is 1.08 bits per heavy atom. The van der Waals surface area contributed by atoms with Crippen LogP contribution in [0.5, 0.6) is 0 Å². The average Bonchev–Trinajstić information content (AvgIpc) is 2.64. The molecule has 0 fully saturated rings. The molecule has 0 saturated carbocycles. The van der Waals surface area contributed by atoms with E-state index in [-0.39, 0.29) is 0 Å². The van der Waals surface area contributed by atoms with Crippen molar-refractivity contribution in [3.8, 4) is 11.1 Å². The predicted molar refractivity (Wildman–Crippen MR) is 106 cm³/mol. The molecule has 2 heterocycles. The molecule has 2 N–H and O–H groups in total. The minimum Gasteiger partial charge on any atom is -0.383 e. The minimum absolute atomic E-state index is 0.585. The summed E-state index contributed by atoms with van der Waals surface area (Å²) in [7, 11) is 0. The van der Waals surface area contributed by atoms with Crippen molar-refractivity contribution in [2.75, 3.05) is 12.3 Å². The van der Waals surface area contributed by atoms with Crippen LogP contribution in [-0.2, 0) is 19.5 Å². The van der Waals surface area contributed by atoms with Gasteiger partial charge in [-0.15, -0.1) is 0 Å². The number of nitrogen functional groups attached to an aromatic ring is 1. The lowest BCUT2D eigenvalue weighted by atomic mass is 9.94. The Labute approximate surface area is 158 Å². The van der Waals surface area contributed by atoms with E-state index in [1.54, 1.807) is 0 Å². The maximum absolute atomic E-state index is 6.04. The molecule has 4 rings (SSSR count). The molecule has 3 aromatic rings. The highest BCUT2D eigenvalue weighted by Crippen LogP contribution is 2.28. The van der Waals surface area contributed by atoms with Gasteiger partial charge in [0.2, 0.25) is 0 Å². The summed E-state index contributed by atoms with van der Waals surface area (Å²) in [5.74, 6) is 1.30. The number of fused-ring (bicyclic) bond motifs is 1. The van der Waals surface area contributed by atoms with Crippen molar-refractivity contribution in [3.63, 3.8) is 0 Å². The monoisotopic (exact) mass is 364 g/mol. The van der Waals surface area contributed by atoms with Gasteiger partial charge in [-0.05, 0) is 47.7 Å². The van der Waals surface area contributed by atoms with Crippen molar-refractivity contribution < 1.29 is 0 Å². The summed E-state index contributed by atoms with van der Waals surface area (Å²) in [5.41, 5.74) is 12.3. The fraction of sp³-hybridized carbons (Fsp3) is 0.238. The summed E-state index contributed by atoms with van der Waals surface area (Å²) in [6.07, 6.45) is 2.88. The van der Waals surface area contributed by atoms with Gasteiger partial charge in [0.05, 0.1) is 0 Å². The van der Waals surface area contributed by atoms with Gasteiger partial charge in [-0.2, -0.15) is 0 Å². The molecule has 1 aromatic heterocycles. The molecule has 5 heteroatoms. The Kier molecular flexibility index (Phi) is 4.62. The van der Waals surface area contributed by atoms with Crippen LogP contribution in [0.2, 0.25) is 5.02 Å². The molecule has 132 valence electrons. The van der Waals surface area contributed by atoms with Gasteiger partial charge >= 0.3 is 0 Å². The first kappa shape index (κ1) is 17.0. The zero-order chi connectivity index (χ0) is 18.1. The van der Waals surface area contributed by atoms with E-state index in [0.717, 1.165) is 36.6 Å². The van der Waals surface area contributed by atoms with Gasteiger partial charge in [-0.3, -0.25) is 4.90 Å². The van der Waals surface area contributed by atoms with Crippen molar-refractivity contribution in [2.45, 2.75) is 26.4 Å². The van der Waals surface area contributed by atoms with Crippen LogP contribution in [0.3, 0.4) is 0 Å². The molecule has 2 aromatic carbocycles. The standard InChI is InChI=1S/C21H21ClN4/c1-14-24-11-19(21(23)25-14)13-26-9-8-17-10-16(2-3-18(17)12-26)15-4-6-20(22)7-5-15/h2-7,10-11H,8-9,12-13H2,1H3,(H2,23,24,25). The number of nitrogens with zero attached hydrogens (tertiary/aromatic N) is 3. The zero-order valence-electron chi connectivity index (χ0n) is 14.7. The number of hydrogen-bond acceptors (Lipinski definition) is 4. The topological polar surface area (TPSA) is 55.0 Å². The number of anilines is 1. The van der Waals surface area contributed by atoms with Gasteiger partial charge in [0.25, 0.3) is 0 Å².